The fourth-order valence-electron chi connectivity index (χ4n) is 2.70. The third-order valence-electron chi connectivity index (χ3n) is 4.00. The lowest BCUT2D eigenvalue weighted by molar-refractivity contribution is -0.149. The number of morpholine rings is 1. The summed E-state index contributed by atoms with van der Waals surface area (Å²) in [4.78, 5) is 29.3. The minimum Gasteiger partial charge on any atom is -0.363 e. The number of carbonyl (C=O) groups excluding carboxylic acids is 2. The van der Waals surface area contributed by atoms with Crippen LogP contribution in [0, 0.1) is 0 Å². The molecule has 0 bridgehead atoms. The average Bonchev–Trinajstić information content (AvgIpc) is 2.89. The van der Waals surface area contributed by atoms with E-state index in [0.717, 1.165) is 12.8 Å². The minimum absolute atomic E-state index is 0.0414. The van der Waals surface area contributed by atoms with E-state index in [0.29, 0.717) is 25.3 Å². The van der Waals surface area contributed by atoms with Gasteiger partial charge in [0.15, 0.2) is 0 Å². The number of nitrogens with zero attached hydrogens (tertiary/aromatic N) is 3. The fourth-order valence-corrected chi connectivity index (χ4v) is 2.70. The van der Waals surface area contributed by atoms with E-state index in [1.54, 1.807) is 22.0 Å². The normalized spacial score (nSPS) is 21.9. The molecule has 1 spiro atoms. The number of aromatic nitrogens is 2. The maximum Gasteiger partial charge on any atom is 0.274 e. The van der Waals surface area contributed by atoms with E-state index in [-0.39, 0.29) is 24.0 Å². The number of rotatable bonds is 1. The Kier molecular flexibility index (Phi) is 3.21. The van der Waals surface area contributed by atoms with Crippen molar-refractivity contribution in [2.75, 3.05) is 26.2 Å². The van der Waals surface area contributed by atoms with Crippen LogP contribution in [-0.4, -0.2) is 58.1 Å². The number of carbonyl (C=O) groups is 2. The third-order valence-corrected chi connectivity index (χ3v) is 4.00. The zero-order valence-electron chi connectivity index (χ0n) is 11.5. The van der Waals surface area contributed by atoms with Crippen LogP contribution in [0.5, 0.6) is 0 Å². The first kappa shape index (κ1) is 13.1. The average molecular weight is 278 g/mol. The van der Waals surface area contributed by atoms with Crippen molar-refractivity contribution in [1.82, 2.24) is 19.8 Å². The molecule has 7 nitrogen and oxygen atoms in total. The Morgan fingerprint density at radius 3 is 2.75 bits per heavy atom. The molecule has 2 aliphatic heterocycles. The Hall–Kier alpha value is -1.89. The summed E-state index contributed by atoms with van der Waals surface area (Å²) in [6, 6.07) is 0. The van der Waals surface area contributed by atoms with Crippen LogP contribution < -0.4 is 5.32 Å². The number of amides is 2. The maximum atomic E-state index is 12.3. The summed E-state index contributed by atoms with van der Waals surface area (Å²) in [7, 11) is 1.84. The maximum absolute atomic E-state index is 12.3. The number of imidazole rings is 1. The van der Waals surface area contributed by atoms with E-state index < -0.39 is 0 Å². The van der Waals surface area contributed by atoms with Gasteiger partial charge in [0.05, 0.1) is 11.9 Å². The van der Waals surface area contributed by atoms with E-state index in [2.05, 4.69) is 10.3 Å². The Morgan fingerprint density at radius 1 is 1.45 bits per heavy atom. The number of nitrogens with one attached hydrogen (secondary N) is 1. The highest BCUT2D eigenvalue weighted by Gasteiger charge is 2.40. The molecule has 3 heterocycles. The van der Waals surface area contributed by atoms with Crippen LogP contribution in [-0.2, 0) is 16.6 Å². The van der Waals surface area contributed by atoms with Crippen LogP contribution in [0.2, 0.25) is 0 Å². The van der Waals surface area contributed by atoms with Gasteiger partial charge in [-0.2, -0.15) is 0 Å². The van der Waals surface area contributed by atoms with Crippen molar-refractivity contribution in [1.29, 1.82) is 0 Å². The summed E-state index contributed by atoms with van der Waals surface area (Å²) in [5.41, 5.74) is 0.177. The largest absolute Gasteiger partial charge is 0.363 e. The van der Waals surface area contributed by atoms with Gasteiger partial charge in [-0.05, 0) is 12.8 Å². The van der Waals surface area contributed by atoms with Crippen molar-refractivity contribution >= 4 is 11.8 Å². The second-order valence-electron chi connectivity index (χ2n) is 5.46. The first-order valence-electron chi connectivity index (χ1n) is 6.76. The summed E-state index contributed by atoms with van der Waals surface area (Å²) in [5.74, 6) is -0.108. The molecule has 108 valence electrons. The van der Waals surface area contributed by atoms with E-state index >= 15 is 0 Å². The van der Waals surface area contributed by atoms with Gasteiger partial charge in [-0.1, -0.05) is 0 Å². The lowest BCUT2D eigenvalue weighted by Gasteiger charge is -2.43. The predicted octanol–water partition coefficient (Wildman–Crippen LogP) is -0.459. The third kappa shape index (κ3) is 2.40. The number of ether oxygens (including phenoxy) is 1. The predicted molar refractivity (Wildman–Crippen MR) is 70.0 cm³/mol. The molecule has 0 atom stereocenters. The van der Waals surface area contributed by atoms with Gasteiger partial charge in [-0.3, -0.25) is 9.59 Å². The van der Waals surface area contributed by atoms with Gasteiger partial charge in [0, 0.05) is 32.9 Å². The standard InChI is InChI=1S/C13H18N4O3/c1-16-6-10(15-9-16)12(19)17-4-2-13(3-5-17)8-14-11(18)7-20-13/h6,9H,2-5,7-8H2,1H3,(H,14,18). The number of piperidine rings is 1. The molecule has 20 heavy (non-hydrogen) atoms. The molecule has 3 rings (SSSR count). The molecule has 0 aromatic carbocycles. The van der Waals surface area contributed by atoms with E-state index in [1.807, 2.05) is 7.05 Å². The Balaban J connectivity index is 1.61. The van der Waals surface area contributed by atoms with Gasteiger partial charge in [0.25, 0.3) is 5.91 Å². The smallest absolute Gasteiger partial charge is 0.274 e. The van der Waals surface area contributed by atoms with Crippen molar-refractivity contribution in [3.63, 3.8) is 0 Å². The molecule has 2 saturated heterocycles. The van der Waals surface area contributed by atoms with E-state index in [1.165, 1.54) is 0 Å². The molecule has 0 radical (unpaired) electrons. The molecule has 0 saturated carbocycles. The number of likely N-dealkylation sites (tertiary alicyclic amines) is 1. The zero-order valence-corrected chi connectivity index (χ0v) is 11.5. The van der Waals surface area contributed by atoms with Crippen molar-refractivity contribution in [3.05, 3.63) is 18.2 Å². The molecule has 7 heteroatoms. The van der Waals surface area contributed by atoms with Crippen molar-refractivity contribution in [3.8, 4) is 0 Å². The van der Waals surface area contributed by atoms with Crippen molar-refractivity contribution < 1.29 is 14.3 Å². The van der Waals surface area contributed by atoms with E-state index in [4.69, 9.17) is 4.74 Å². The van der Waals surface area contributed by atoms with Gasteiger partial charge < -0.3 is 19.5 Å². The Morgan fingerprint density at radius 2 is 2.20 bits per heavy atom. The van der Waals surface area contributed by atoms with Crippen LogP contribution in [0.3, 0.4) is 0 Å². The van der Waals surface area contributed by atoms with Crippen molar-refractivity contribution in [2.45, 2.75) is 18.4 Å². The van der Waals surface area contributed by atoms with Gasteiger partial charge in [0.1, 0.15) is 12.3 Å². The second-order valence-corrected chi connectivity index (χ2v) is 5.46. The van der Waals surface area contributed by atoms with Crippen LogP contribution in [0.4, 0.5) is 0 Å². The highest BCUT2D eigenvalue weighted by molar-refractivity contribution is 5.92. The molecule has 2 aliphatic rings. The molecule has 2 amide bonds. The Bertz CT molecular complexity index is 519. The molecule has 1 aromatic rings. The number of hydrogen-bond acceptors (Lipinski definition) is 4. The second kappa shape index (κ2) is 4.90. The summed E-state index contributed by atoms with van der Waals surface area (Å²) in [5, 5.41) is 2.84. The molecular formula is C13H18N4O3. The van der Waals surface area contributed by atoms with E-state index in [9.17, 15) is 9.59 Å². The van der Waals surface area contributed by atoms with Crippen LogP contribution >= 0.6 is 0 Å². The van der Waals surface area contributed by atoms with Crippen LogP contribution in [0.25, 0.3) is 0 Å². The van der Waals surface area contributed by atoms with Gasteiger partial charge in [-0.15, -0.1) is 0 Å². The summed E-state index contributed by atoms with van der Waals surface area (Å²) in [6.45, 7) is 1.92. The summed E-state index contributed by atoms with van der Waals surface area (Å²) in [6.07, 6.45) is 4.83. The van der Waals surface area contributed by atoms with Gasteiger partial charge >= 0.3 is 0 Å². The monoisotopic (exact) mass is 278 g/mol. The van der Waals surface area contributed by atoms with Gasteiger partial charge in [-0.25, -0.2) is 4.98 Å². The molecule has 0 aliphatic carbocycles. The summed E-state index contributed by atoms with van der Waals surface area (Å²) < 4.78 is 7.45. The molecule has 0 unspecified atom stereocenters. The van der Waals surface area contributed by atoms with Crippen molar-refractivity contribution in [2.24, 2.45) is 7.05 Å². The highest BCUT2D eigenvalue weighted by atomic mass is 16.5. The fraction of sp³-hybridized carbons (Fsp3) is 0.615. The first-order chi connectivity index (χ1) is 9.58. The molecular weight excluding hydrogens is 260 g/mol. The quantitative estimate of drug-likeness (QED) is 0.754. The Labute approximate surface area is 116 Å². The summed E-state index contributed by atoms with van der Waals surface area (Å²) >= 11 is 0. The number of hydrogen-bond donors (Lipinski definition) is 1. The van der Waals surface area contributed by atoms with Crippen LogP contribution in [0.1, 0.15) is 23.3 Å². The minimum atomic E-state index is -0.297. The first-order valence-corrected chi connectivity index (χ1v) is 6.76. The zero-order chi connectivity index (χ0) is 14.2. The molecule has 1 aromatic heterocycles. The SMILES string of the molecule is Cn1cnc(C(=O)N2CCC3(CC2)CNC(=O)CO3)c1. The van der Waals surface area contributed by atoms with Gasteiger partial charge in [0.2, 0.25) is 5.91 Å². The topological polar surface area (TPSA) is 76.5 Å². The van der Waals surface area contributed by atoms with Crippen LogP contribution in [0.15, 0.2) is 12.5 Å². The highest BCUT2D eigenvalue weighted by Crippen LogP contribution is 2.28. The molecule has 1 N–H and O–H groups in total. The molecule has 2 fully saturated rings. The number of aryl methyl sites for hydroxylation is 1. The lowest BCUT2D eigenvalue weighted by Crippen LogP contribution is -2.58. The lowest BCUT2D eigenvalue weighted by atomic mass is 9.90.